The Morgan fingerprint density at radius 2 is 1.73 bits per heavy atom. The summed E-state index contributed by atoms with van der Waals surface area (Å²) in [6.07, 6.45) is 1.07. The molecule has 0 aliphatic carbocycles. The molecule has 0 aromatic heterocycles. The SMILES string of the molecule is COc1ccc(NC(=O)C(C)N(c2ccccc2)S(C)(=O)=O)c(OC)c1. The Morgan fingerprint density at radius 1 is 1.08 bits per heavy atom. The number of hydrogen-bond donors (Lipinski definition) is 1. The van der Waals surface area contributed by atoms with Gasteiger partial charge < -0.3 is 14.8 Å². The first-order chi connectivity index (χ1) is 12.3. The molecule has 26 heavy (non-hydrogen) atoms. The third-order valence-corrected chi connectivity index (χ3v) is 5.01. The number of carbonyl (C=O) groups excluding carboxylic acids is 1. The van der Waals surface area contributed by atoms with Crippen molar-refractivity contribution in [2.24, 2.45) is 0 Å². The average molecular weight is 378 g/mol. The van der Waals surface area contributed by atoms with Crippen LogP contribution in [0.4, 0.5) is 11.4 Å². The number of hydrogen-bond acceptors (Lipinski definition) is 5. The number of carbonyl (C=O) groups is 1. The van der Waals surface area contributed by atoms with E-state index in [-0.39, 0.29) is 0 Å². The number of methoxy groups -OCH3 is 2. The van der Waals surface area contributed by atoms with E-state index in [1.54, 1.807) is 48.5 Å². The van der Waals surface area contributed by atoms with Crippen LogP contribution in [0.1, 0.15) is 6.92 Å². The van der Waals surface area contributed by atoms with Gasteiger partial charge in [-0.3, -0.25) is 9.10 Å². The minimum Gasteiger partial charge on any atom is -0.497 e. The fourth-order valence-electron chi connectivity index (χ4n) is 2.52. The lowest BCUT2D eigenvalue weighted by Crippen LogP contribution is -2.45. The number of ether oxygens (including phenoxy) is 2. The maximum Gasteiger partial charge on any atom is 0.248 e. The van der Waals surface area contributed by atoms with E-state index in [9.17, 15) is 13.2 Å². The molecule has 1 amide bonds. The topological polar surface area (TPSA) is 84.9 Å². The molecule has 0 radical (unpaired) electrons. The highest BCUT2D eigenvalue weighted by molar-refractivity contribution is 7.92. The number of para-hydroxylation sites is 1. The lowest BCUT2D eigenvalue weighted by Gasteiger charge is -2.28. The highest BCUT2D eigenvalue weighted by atomic mass is 32.2. The lowest BCUT2D eigenvalue weighted by molar-refractivity contribution is -0.116. The van der Waals surface area contributed by atoms with E-state index in [1.807, 2.05) is 0 Å². The Morgan fingerprint density at radius 3 is 2.27 bits per heavy atom. The zero-order chi connectivity index (χ0) is 19.3. The standard InChI is InChI=1S/C18H22N2O5S/c1-13(20(26(4,22)23)14-8-6-5-7-9-14)18(21)19-16-11-10-15(24-2)12-17(16)25-3/h5-13H,1-4H3,(H,19,21). The number of benzene rings is 2. The van der Waals surface area contributed by atoms with Crippen molar-refractivity contribution in [3.8, 4) is 11.5 Å². The largest absolute Gasteiger partial charge is 0.497 e. The van der Waals surface area contributed by atoms with E-state index in [0.717, 1.165) is 10.6 Å². The molecule has 0 heterocycles. The summed E-state index contributed by atoms with van der Waals surface area (Å²) in [6.45, 7) is 1.53. The molecule has 2 rings (SSSR count). The summed E-state index contributed by atoms with van der Waals surface area (Å²) >= 11 is 0. The summed E-state index contributed by atoms with van der Waals surface area (Å²) < 4.78 is 35.9. The second kappa shape index (κ2) is 8.09. The molecule has 0 saturated carbocycles. The third-order valence-electron chi connectivity index (χ3n) is 3.77. The van der Waals surface area contributed by atoms with Crippen molar-refractivity contribution in [2.45, 2.75) is 13.0 Å². The van der Waals surface area contributed by atoms with E-state index in [0.29, 0.717) is 22.9 Å². The van der Waals surface area contributed by atoms with Crippen LogP contribution >= 0.6 is 0 Å². The molecule has 1 N–H and O–H groups in total. The number of nitrogens with zero attached hydrogens (tertiary/aromatic N) is 1. The van der Waals surface area contributed by atoms with Crippen molar-refractivity contribution < 1.29 is 22.7 Å². The van der Waals surface area contributed by atoms with Crippen LogP contribution in [-0.2, 0) is 14.8 Å². The Bertz CT molecular complexity index is 868. The number of rotatable bonds is 7. The highest BCUT2D eigenvalue weighted by Crippen LogP contribution is 2.29. The zero-order valence-corrected chi connectivity index (χ0v) is 15.9. The van der Waals surface area contributed by atoms with Gasteiger partial charge >= 0.3 is 0 Å². The van der Waals surface area contributed by atoms with E-state index in [2.05, 4.69) is 5.32 Å². The summed E-state index contributed by atoms with van der Waals surface area (Å²) in [4.78, 5) is 12.7. The first-order valence-corrected chi connectivity index (χ1v) is 9.70. The quantitative estimate of drug-likeness (QED) is 0.800. The second-order valence-corrected chi connectivity index (χ2v) is 7.49. The van der Waals surface area contributed by atoms with Crippen LogP contribution in [0.5, 0.6) is 11.5 Å². The van der Waals surface area contributed by atoms with Crippen LogP contribution in [0, 0.1) is 0 Å². The molecule has 0 aliphatic rings. The fraction of sp³-hybridized carbons (Fsp3) is 0.278. The van der Waals surface area contributed by atoms with E-state index >= 15 is 0 Å². The van der Waals surface area contributed by atoms with Crippen molar-refractivity contribution in [2.75, 3.05) is 30.1 Å². The molecule has 0 bridgehead atoms. The van der Waals surface area contributed by atoms with Gasteiger partial charge in [-0.25, -0.2) is 8.42 Å². The van der Waals surface area contributed by atoms with Crippen LogP contribution in [-0.4, -0.2) is 40.8 Å². The zero-order valence-electron chi connectivity index (χ0n) is 15.1. The molecule has 2 aromatic rings. The lowest BCUT2D eigenvalue weighted by atomic mass is 10.2. The summed E-state index contributed by atoms with van der Waals surface area (Å²) in [6, 6.07) is 12.5. The summed E-state index contributed by atoms with van der Waals surface area (Å²) in [5.41, 5.74) is 0.839. The average Bonchev–Trinajstić information content (AvgIpc) is 2.61. The monoisotopic (exact) mass is 378 g/mol. The number of anilines is 2. The Kier molecular flexibility index (Phi) is 6.10. The van der Waals surface area contributed by atoms with Crippen LogP contribution in [0.2, 0.25) is 0 Å². The summed E-state index contributed by atoms with van der Waals surface area (Å²) in [7, 11) is -0.660. The first kappa shape index (κ1) is 19.6. The van der Waals surface area contributed by atoms with Gasteiger partial charge in [0.15, 0.2) is 0 Å². The molecular formula is C18H22N2O5S. The Labute approximate surface area is 153 Å². The first-order valence-electron chi connectivity index (χ1n) is 7.85. The highest BCUT2D eigenvalue weighted by Gasteiger charge is 2.29. The van der Waals surface area contributed by atoms with Gasteiger partial charge in [-0.2, -0.15) is 0 Å². The molecule has 8 heteroatoms. The van der Waals surface area contributed by atoms with Crippen LogP contribution in [0.15, 0.2) is 48.5 Å². The van der Waals surface area contributed by atoms with Crippen molar-refractivity contribution in [1.29, 1.82) is 0 Å². The number of sulfonamides is 1. The van der Waals surface area contributed by atoms with Gasteiger partial charge in [0.05, 0.1) is 31.9 Å². The predicted octanol–water partition coefficient (Wildman–Crippen LogP) is 2.50. The molecular weight excluding hydrogens is 356 g/mol. The molecule has 0 spiro atoms. The summed E-state index contributed by atoms with van der Waals surface area (Å²) in [5, 5.41) is 2.71. The van der Waals surface area contributed by atoms with Crippen LogP contribution in [0.3, 0.4) is 0 Å². The van der Waals surface area contributed by atoms with Crippen molar-refractivity contribution in [3.05, 3.63) is 48.5 Å². The van der Waals surface area contributed by atoms with Crippen molar-refractivity contribution in [1.82, 2.24) is 0 Å². The number of amides is 1. The molecule has 1 unspecified atom stereocenters. The minimum absolute atomic E-state index is 0.413. The van der Waals surface area contributed by atoms with Crippen LogP contribution in [0.25, 0.3) is 0 Å². The van der Waals surface area contributed by atoms with Gasteiger partial charge in [0, 0.05) is 6.07 Å². The van der Waals surface area contributed by atoms with E-state index < -0.39 is 22.0 Å². The summed E-state index contributed by atoms with van der Waals surface area (Å²) in [5.74, 6) is 0.508. The second-order valence-electron chi connectivity index (χ2n) is 5.63. The molecule has 1 atom stereocenters. The van der Waals surface area contributed by atoms with Gasteiger partial charge in [-0.1, -0.05) is 18.2 Å². The molecule has 140 valence electrons. The van der Waals surface area contributed by atoms with Crippen molar-refractivity contribution >= 4 is 27.3 Å². The van der Waals surface area contributed by atoms with Gasteiger partial charge in [0.2, 0.25) is 15.9 Å². The maximum absolute atomic E-state index is 12.7. The predicted molar refractivity (Wildman–Crippen MR) is 101 cm³/mol. The Hall–Kier alpha value is -2.74. The van der Waals surface area contributed by atoms with E-state index in [4.69, 9.17) is 9.47 Å². The van der Waals surface area contributed by atoms with Crippen LogP contribution < -0.4 is 19.1 Å². The molecule has 0 saturated heterocycles. The number of nitrogens with one attached hydrogen (secondary N) is 1. The molecule has 7 nitrogen and oxygen atoms in total. The Balaban J connectivity index is 2.30. The maximum atomic E-state index is 12.7. The minimum atomic E-state index is -3.66. The van der Waals surface area contributed by atoms with Gasteiger partial charge in [0.25, 0.3) is 0 Å². The normalized spacial score (nSPS) is 12.2. The van der Waals surface area contributed by atoms with Gasteiger partial charge in [-0.05, 0) is 31.2 Å². The van der Waals surface area contributed by atoms with E-state index in [1.165, 1.54) is 21.1 Å². The molecule has 0 fully saturated rings. The van der Waals surface area contributed by atoms with Crippen molar-refractivity contribution in [3.63, 3.8) is 0 Å². The molecule has 2 aromatic carbocycles. The smallest absolute Gasteiger partial charge is 0.248 e. The van der Waals surface area contributed by atoms with Gasteiger partial charge in [0.1, 0.15) is 17.5 Å². The molecule has 0 aliphatic heterocycles. The third kappa shape index (κ3) is 4.45. The fourth-order valence-corrected chi connectivity index (χ4v) is 3.70. The van der Waals surface area contributed by atoms with Gasteiger partial charge in [-0.15, -0.1) is 0 Å².